The van der Waals surface area contributed by atoms with Crippen molar-refractivity contribution in [3.8, 4) is 11.5 Å². The Morgan fingerprint density at radius 3 is 2.88 bits per heavy atom. The number of nitrogens with one attached hydrogen (secondary N) is 1. The van der Waals surface area contributed by atoms with Gasteiger partial charge in [0.15, 0.2) is 0 Å². The number of anilines is 1. The van der Waals surface area contributed by atoms with Crippen molar-refractivity contribution in [2.24, 2.45) is 0 Å². The molecular formula is C11H13N5O. The van der Waals surface area contributed by atoms with Crippen LogP contribution in [0, 0.1) is 0 Å². The van der Waals surface area contributed by atoms with E-state index < -0.39 is 0 Å². The van der Waals surface area contributed by atoms with Crippen LogP contribution in [0.15, 0.2) is 28.9 Å². The maximum absolute atomic E-state index is 5.65. The first-order valence-corrected chi connectivity index (χ1v) is 5.63. The highest BCUT2D eigenvalue weighted by atomic mass is 16.4. The molecule has 1 saturated heterocycles. The van der Waals surface area contributed by atoms with E-state index in [9.17, 15) is 0 Å². The third kappa shape index (κ3) is 2.12. The van der Waals surface area contributed by atoms with Gasteiger partial charge in [-0.05, 0) is 12.1 Å². The van der Waals surface area contributed by atoms with Gasteiger partial charge in [-0.3, -0.25) is 4.98 Å². The summed E-state index contributed by atoms with van der Waals surface area (Å²) in [6, 6.07) is 4.34. The molecule has 17 heavy (non-hydrogen) atoms. The Bertz CT molecular complexity index is 478. The van der Waals surface area contributed by atoms with Crippen molar-refractivity contribution in [1.82, 2.24) is 20.5 Å². The lowest BCUT2D eigenvalue weighted by Gasteiger charge is -2.24. The second-order valence-corrected chi connectivity index (χ2v) is 3.87. The van der Waals surface area contributed by atoms with Crippen LogP contribution in [0.4, 0.5) is 6.01 Å². The van der Waals surface area contributed by atoms with Crippen LogP contribution in [0.5, 0.6) is 0 Å². The smallest absolute Gasteiger partial charge is 0.318 e. The van der Waals surface area contributed by atoms with Crippen LogP contribution < -0.4 is 10.2 Å². The molecule has 0 amide bonds. The number of hydrogen-bond donors (Lipinski definition) is 1. The molecule has 0 unspecified atom stereocenters. The molecule has 1 fully saturated rings. The summed E-state index contributed by atoms with van der Waals surface area (Å²) in [6.45, 7) is 3.69. The SMILES string of the molecule is c1cncc(-c2nnc(N3CCNCC3)o2)c1. The highest BCUT2D eigenvalue weighted by molar-refractivity contribution is 5.51. The standard InChI is InChI=1S/C11H13N5O/c1-2-9(8-13-3-1)10-14-15-11(17-10)16-6-4-12-5-7-16/h1-3,8,12H,4-7H2. The first kappa shape index (κ1) is 10.2. The van der Waals surface area contributed by atoms with Gasteiger partial charge in [-0.2, -0.15) is 0 Å². The topological polar surface area (TPSA) is 67.1 Å². The van der Waals surface area contributed by atoms with Crippen LogP contribution in [0.1, 0.15) is 0 Å². The summed E-state index contributed by atoms with van der Waals surface area (Å²) in [4.78, 5) is 6.12. The summed E-state index contributed by atoms with van der Waals surface area (Å²) >= 11 is 0. The van der Waals surface area contributed by atoms with Gasteiger partial charge in [-0.15, -0.1) is 5.10 Å². The quantitative estimate of drug-likeness (QED) is 0.813. The van der Waals surface area contributed by atoms with Gasteiger partial charge in [0.2, 0.25) is 0 Å². The van der Waals surface area contributed by atoms with E-state index in [4.69, 9.17) is 4.42 Å². The number of aromatic nitrogens is 3. The van der Waals surface area contributed by atoms with E-state index in [1.807, 2.05) is 12.1 Å². The minimum atomic E-state index is 0.520. The zero-order chi connectivity index (χ0) is 11.5. The molecule has 0 atom stereocenters. The van der Waals surface area contributed by atoms with Gasteiger partial charge in [0.1, 0.15) is 0 Å². The number of hydrogen-bond acceptors (Lipinski definition) is 6. The van der Waals surface area contributed by atoms with E-state index in [2.05, 4.69) is 25.4 Å². The fraction of sp³-hybridized carbons (Fsp3) is 0.364. The average molecular weight is 231 g/mol. The fourth-order valence-corrected chi connectivity index (χ4v) is 1.81. The van der Waals surface area contributed by atoms with Crippen molar-refractivity contribution in [2.75, 3.05) is 31.1 Å². The van der Waals surface area contributed by atoms with E-state index in [0.717, 1.165) is 31.7 Å². The summed E-state index contributed by atoms with van der Waals surface area (Å²) < 4.78 is 5.65. The lowest BCUT2D eigenvalue weighted by molar-refractivity contribution is 0.505. The number of nitrogens with zero attached hydrogens (tertiary/aromatic N) is 4. The Hall–Kier alpha value is -1.95. The Kier molecular flexibility index (Phi) is 2.71. The molecule has 0 aromatic carbocycles. The van der Waals surface area contributed by atoms with E-state index in [0.29, 0.717) is 11.9 Å². The van der Waals surface area contributed by atoms with Gasteiger partial charge < -0.3 is 14.6 Å². The number of pyridine rings is 1. The molecule has 3 heterocycles. The summed E-state index contributed by atoms with van der Waals surface area (Å²) in [5.41, 5.74) is 0.849. The molecule has 0 saturated carbocycles. The van der Waals surface area contributed by atoms with Crippen LogP contribution in [0.3, 0.4) is 0 Å². The highest BCUT2D eigenvalue weighted by Crippen LogP contribution is 2.20. The maximum Gasteiger partial charge on any atom is 0.318 e. The summed E-state index contributed by atoms with van der Waals surface area (Å²) in [5, 5.41) is 11.4. The first-order valence-electron chi connectivity index (χ1n) is 5.63. The molecule has 2 aromatic heterocycles. The molecule has 1 aliphatic rings. The predicted molar refractivity (Wildman–Crippen MR) is 62.6 cm³/mol. The molecule has 0 aliphatic carbocycles. The summed E-state index contributed by atoms with van der Waals surface area (Å²) in [7, 11) is 0. The number of rotatable bonds is 2. The molecule has 6 nitrogen and oxygen atoms in total. The Balaban J connectivity index is 1.83. The van der Waals surface area contributed by atoms with Crippen molar-refractivity contribution < 1.29 is 4.42 Å². The van der Waals surface area contributed by atoms with Gasteiger partial charge >= 0.3 is 6.01 Å². The van der Waals surface area contributed by atoms with Crippen LogP contribution in [0.25, 0.3) is 11.5 Å². The predicted octanol–water partition coefficient (Wildman–Crippen LogP) is 0.541. The lowest BCUT2D eigenvalue weighted by Crippen LogP contribution is -2.43. The zero-order valence-corrected chi connectivity index (χ0v) is 9.33. The van der Waals surface area contributed by atoms with E-state index >= 15 is 0 Å². The Labute approximate surface area is 98.7 Å². The largest absolute Gasteiger partial charge is 0.403 e. The van der Waals surface area contributed by atoms with Crippen molar-refractivity contribution in [3.63, 3.8) is 0 Å². The average Bonchev–Trinajstić information content (AvgIpc) is 2.90. The van der Waals surface area contributed by atoms with Gasteiger partial charge in [0.25, 0.3) is 5.89 Å². The zero-order valence-electron chi connectivity index (χ0n) is 9.33. The van der Waals surface area contributed by atoms with E-state index in [1.165, 1.54) is 0 Å². The summed E-state index contributed by atoms with van der Waals surface area (Å²) in [5.74, 6) is 0.520. The van der Waals surface area contributed by atoms with Crippen molar-refractivity contribution >= 4 is 6.01 Å². The normalized spacial score (nSPS) is 16.1. The molecule has 1 N–H and O–H groups in total. The molecule has 6 heteroatoms. The van der Waals surface area contributed by atoms with Gasteiger partial charge in [-0.25, -0.2) is 0 Å². The molecule has 1 aliphatic heterocycles. The van der Waals surface area contributed by atoms with Crippen LogP contribution >= 0.6 is 0 Å². The van der Waals surface area contributed by atoms with Gasteiger partial charge in [0.05, 0.1) is 5.56 Å². The van der Waals surface area contributed by atoms with Crippen LogP contribution in [0.2, 0.25) is 0 Å². The Morgan fingerprint density at radius 2 is 2.12 bits per heavy atom. The molecule has 0 spiro atoms. The van der Waals surface area contributed by atoms with Crippen LogP contribution in [-0.2, 0) is 0 Å². The molecule has 3 rings (SSSR count). The third-order valence-corrected chi connectivity index (χ3v) is 2.71. The molecule has 0 radical (unpaired) electrons. The minimum absolute atomic E-state index is 0.520. The summed E-state index contributed by atoms with van der Waals surface area (Å²) in [6.07, 6.45) is 3.44. The number of piperazine rings is 1. The van der Waals surface area contributed by atoms with Gasteiger partial charge in [0, 0.05) is 38.6 Å². The molecular weight excluding hydrogens is 218 g/mol. The van der Waals surface area contributed by atoms with Crippen LogP contribution in [-0.4, -0.2) is 41.4 Å². The lowest BCUT2D eigenvalue weighted by atomic mass is 10.3. The monoisotopic (exact) mass is 231 g/mol. The molecule has 2 aromatic rings. The van der Waals surface area contributed by atoms with Crippen molar-refractivity contribution in [2.45, 2.75) is 0 Å². The highest BCUT2D eigenvalue weighted by Gasteiger charge is 2.17. The van der Waals surface area contributed by atoms with Gasteiger partial charge in [-0.1, -0.05) is 5.10 Å². The Morgan fingerprint density at radius 1 is 1.24 bits per heavy atom. The molecule has 0 bridgehead atoms. The second kappa shape index (κ2) is 4.50. The molecule has 88 valence electrons. The first-order chi connectivity index (χ1) is 8.43. The third-order valence-electron chi connectivity index (χ3n) is 2.71. The van der Waals surface area contributed by atoms with Crippen molar-refractivity contribution in [1.29, 1.82) is 0 Å². The van der Waals surface area contributed by atoms with E-state index in [-0.39, 0.29) is 0 Å². The van der Waals surface area contributed by atoms with Crippen molar-refractivity contribution in [3.05, 3.63) is 24.5 Å². The minimum Gasteiger partial charge on any atom is -0.403 e. The maximum atomic E-state index is 5.65. The second-order valence-electron chi connectivity index (χ2n) is 3.87. The fourth-order valence-electron chi connectivity index (χ4n) is 1.81. The van der Waals surface area contributed by atoms with E-state index in [1.54, 1.807) is 12.4 Å².